The SMILES string of the molecule is Cc1cnc(COc2cccc(CBr)c2)c(C)c1[N+](=O)[O-]. The Labute approximate surface area is 131 Å². The number of hydrogen-bond donors (Lipinski definition) is 0. The minimum atomic E-state index is -0.374. The van der Waals surface area contributed by atoms with Crippen molar-refractivity contribution in [3.8, 4) is 5.75 Å². The zero-order valence-corrected chi connectivity index (χ0v) is 13.4. The molecule has 1 aromatic heterocycles. The lowest BCUT2D eigenvalue weighted by Gasteiger charge is -2.10. The minimum Gasteiger partial charge on any atom is -0.487 e. The highest BCUT2D eigenvalue weighted by Crippen LogP contribution is 2.25. The van der Waals surface area contributed by atoms with Crippen molar-refractivity contribution in [2.24, 2.45) is 0 Å². The Kier molecular flexibility index (Phi) is 4.90. The molecule has 0 atom stereocenters. The average molecular weight is 351 g/mol. The molecule has 0 radical (unpaired) electrons. The van der Waals surface area contributed by atoms with E-state index in [1.165, 1.54) is 6.20 Å². The number of nitro groups is 1. The number of ether oxygens (including phenoxy) is 1. The zero-order chi connectivity index (χ0) is 15.4. The van der Waals surface area contributed by atoms with Gasteiger partial charge in [0.05, 0.1) is 16.2 Å². The molecule has 0 saturated heterocycles. The van der Waals surface area contributed by atoms with Gasteiger partial charge in [-0.05, 0) is 31.5 Å². The van der Waals surface area contributed by atoms with Gasteiger partial charge in [-0.3, -0.25) is 15.1 Å². The van der Waals surface area contributed by atoms with Crippen molar-refractivity contribution in [1.29, 1.82) is 0 Å². The van der Waals surface area contributed by atoms with Gasteiger partial charge in [0.1, 0.15) is 12.4 Å². The van der Waals surface area contributed by atoms with Gasteiger partial charge < -0.3 is 4.74 Å². The first-order valence-corrected chi connectivity index (χ1v) is 7.52. The summed E-state index contributed by atoms with van der Waals surface area (Å²) < 4.78 is 5.68. The molecular formula is C15H15BrN2O3. The number of rotatable bonds is 5. The van der Waals surface area contributed by atoms with E-state index in [-0.39, 0.29) is 17.2 Å². The molecule has 2 rings (SSSR count). The molecule has 2 aromatic rings. The van der Waals surface area contributed by atoms with Crippen molar-refractivity contribution in [3.05, 3.63) is 63.0 Å². The Morgan fingerprint density at radius 2 is 2.14 bits per heavy atom. The molecule has 0 spiro atoms. The molecule has 0 bridgehead atoms. The molecule has 0 unspecified atom stereocenters. The van der Waals surface area contributed by atoms with Gasteiger partial charge in [0.25, 0.3) is 5.69 Å². The van der Waals surface area contributed by atoms with E-state index < -0.39 is 0 Å². The van der Waals surface area contributed by atoms with Gasteiger partial charge in [-0.15, -0.1) is 0 Å². The van der Waals surface area contributed by atoms with Crippen LogP contribution in [0.1, 0.15) is 22.4 Å². The van der Waals surface area contributed by atoms with Crippen molar-refractivity contribution >= 4 is 21.6 Å². The summed E-state index contributed by atoms with van der Waals surface area (Å²) in [6.45, 7) is 3.59. The molecule has 0 saturated carbocycles. The fraction of sp³-hybridized carbons (Fsp3) is 0.267. The van der Waals surface area contributed by atoms with Crippen molar-refractivity contribution in [1.82, 2.24) is 4.98 Å². The third-order valence-corrected chi connectivity index (χ3v) is 3.83. The van der Waals surface area contributed by atoms with Crippen molar-refractivity contribution in [2.75, 3.05) is 0 Å². The normalized spacial score (nSPS) is 10.4. The van der Waals surface area contributed by atoms with Crippen LogP contribution < -0.4 is 4.74 Å². The van der Waals surface area contributed by atoms with Crippen LogP contribution in [-0.4, -0.2) is 9.91 Å². The van der Waals surface area contributed by atoms with E-state index in [4.69, 9.17) is 4.74 Å². The molecule has 5 nitrogen and oxygen atoms in total. The van der Waals surface area contributed by atoms with Gasteiger partial charge in [-0.25, -0.2) is 0 Å². The largest absolute Gasteiger partial charge is 0.487 e. The van der Waals surface area contributed by atoms with E-state index in [0.717, 1.165) is 16.6 Å². The quantitative estimate of drug-likeness (QED) is 0.463. The van der Waals surface area contributed by atoms with Crippen molar-refractivity contribution < 1.29 is 9.66 Å². The monoisotopic (exact) mass is 350 g/mol. The molecule has 21 heavy (non-hydrogen) atoms. The van der Waals surface area contributed by atoms with Crippen molar-refractivity contribution in [2.45, 2.75) is 25.8 Å². The summed E-state index contributed by atoms with van der Waals surface area (Å²) in [6.07, 6.45) is 1.51. The second-order valence-corrected chi connectivity index (χ2v) is 5.25. The van der Waals surface area contributed by atoms with Crippen LogP contribution in [0.2, 0.25) is 0 Å². The first kappa shape index (κ1) is 15.4. The van der Waals surface area contributed by atoms with Gasteiger partial charge in [-0.2, -0.15) is 0 Å². The Hall–Kier alpha value is -1.95. The van der Waals surface area contributed by atoms with Crippen LogP contribution in [0.15, 0.2) is 30.5 Å². The molecule has 0 aliphatic carbocycles. The summed E-state index contributed by atoms with van der Waals surface area (Å²) >= 11 is 3.39. The highest BCUT2D eigenvalue weighted by molar-refractivity contribution is 9.08. The average Bonchev–Trinajstić information content (AvgIpc) is 2.46. The number of pyridine rings is 1. The van der Waals surface area contributed by atoms with E-state index in [1.807, 2.05) is 24.3 Å². The molecule has 0 aliphatic rings. The lowest BCUT2D eigenvalue weighted by Crippen LogP contribution is -2.05. The standard InChI is InChI=1S/C15H15BrN2O3/c1-10-8-17-14(11(2)15(10)18(19)20)9-21-13-5-3-4-12(6-13)7-16/h3-6,8H,7,9H2,1-2H3. The van der Waals surface area contributed by atoms with Crippen molar-refractivity contribution in [3.63, 3.8) is 0 Å². The Bertz CT molecular complexity index is 674. The summed E-state index contributed by atoms with van der Waals surface area (Å²) in [5, 5.41) is 11.8. The first-order valence-electron chi connectivity index (χ1n) is 6.40. The molecule has 1 heterocycles. The highest BCUT2D eigenvalue weighted by Gasteiger charge is 2.18. The second kappa shape index (κ2) is 6.67. The van der Waals surface area contributed by atoms with Gasteiger partial charge in [0.15, 0.2) is 0 Å². The topological polar surface area (TPSA) is 65.3 Å². The fourth-order valence-electron chi connectivity index (χ4n) is 2.06. The predicted molar refractivity (Wildman–Crippen MR) is 83.8 cm³/mol. The number of benzene rings is 1. The Balaban J connectivity index is 2.20. The molecule has 0 N–H and O–H groups in total. The van der Waals surface area contributed by atoms with Crippen LogP contribution in [0, 0.1) is 24.0 Å². The molecule has 110 valence electrons. The molecule has 6 heteroatoms. The van der Waals surface area contributed by atoms with E-state index in [9.17, 15) is 10.1 Å². The number of alkyl halides is 1. The molecule has 0 amide bonds. The number of hydrogen-bond acceptors (Lipinski definition) is 4. The summed E-state index contributed by atoms with van der Waals surface area (Å²) in [4.78, 5) is 15.0. The lowest BCUT2D eigenvalue weighted by molar-refractivity contribution is -0.386. The zero-order valence-electron chi connectivity index (χ0n) is 11.8. The van der Waals surface area contributed by atoms with E-state index in [1.54, 1.807) is 13.8 Å². The van der Waals surface area contributed by atoms with Crippen LogP contribution >= 0.6 is 15.9 Å². The van der Waals surface area contributed by atoms with E-state index in [2.05, 4.69) is 20.9 Å². The van der Waals surface area contributed by atoms with Crippen LogP contribution in [0.4, 0.5) is 5.69 Å². The number of nitrogens with zero attached hydrogens (tertiary/aromatic N) is 2. The van der Waals surface area contributed by atoms with Crippen LogP contribution in [0.3, 0.4) is 0 Å². The predicted octanol–water partition coefficient (Wildman–Crippen LogP) is 4.08. The number of halogens is 1. The van der Waals surface area contributed by atoms with E-state index in [0.29, 0.717) is 16.8 Å². The Morgan fingerprint density at radius 1 is 1.38 bits per heavy atom. The maximum atomic E-state index is 11.1. The second-order valence-electron chi connectivity index (χ2n) is 4.69. The molecule has 1 aromatic carbocycles. The van der Waals surface area contributed by atoms with Crippen LogP contribution in [0.5, 0.6) is 5.75 Å². The third-order valence-electron chi connectivity index (χ3n) is 3.19. The van der Waals surface area contributed by atoms with Gasteiger partial charge in [0.2, 0.25) is 0 Å². The molecule has 0 fully saturated rings. The Morgan fingerprint density at radius 3 is 2.81 bits per heavy atom. The van der Waals surface area contributed by atoms with Gasteiger partial charge >= 0.3 is 0 Å². The number of aromatic nitrogens is 1. The molecular weight excluding hydrogens is 336 g/mol. The molecule has 0 aliphatic heterocycles. The lowest BCUT2D eigenvalue weighted by atomic mass is 10.1. The maximum Gasteiger partial charge on any atom is 0.278 e. The van der Waals surface area contributed by atoms with Crippen LogP contribution in [0.25, 0.3) is 0 Å². The summed E-state index contributed by atoms with van der Waals surface area (Å²) in [5.41, 5.74) is 2.90. The maximum absolute atomic E-state index is 11.1. The summed E-state index contributed by atoms with van der Waals surface area (Å²) in [6, 6.07) is 7.67. The van der Waals surface area contributed by atoms with Gasteiger partial charge in [0, 0.05) is 17.1 Å². The summed E-state index contributed by atoms with van der Waals surface area (Å²) in [5.74, 6) is 0.719. The van der Waals surface area contributed by atoms with Crippen LogP contribution in [-0.2, 0) is 11.9 Å². The first-order chi connectivity index (χ1) is 10.0. The summed E-state index contributed by atoms with van der Waals surface area (Å²) in [7, 11) is 0. The highest BCUT2D eigenvalue weighted by atomic mass is 79.9. The number of aryl methyl sites for hydroxylation is 1. The smallest absolute Gasteiger partial charge is 0.278 e. The van der Waals surface area contributed by atoms with Gasteiger partial charge in [-0.1, -0.05) is 28.1 Å². The third kappa shape index (κ3) is 3.58. The van der Waals surface area contributed by atoms with E-state index >= 15 is 0 Å². The minimum absolute atomic E-state index is 0.109. The fourth-order valence-corrected chi connectivity index (χ4v) is 2.41.